The Morgan fingerprint density at radius 3 is 2.40 bits per heavy atom. The number of benzene rings is 1. The molecule has 0 bridgehead atoms. The van der Waals surface area contributed by atoms with E-state index in [-0.39, 0.29) is 0 Å². The minimum absolute atomic E-state index is 0.771. The van der Waals surface area contributed by atoms with Crippen molar-refractivity contribution < 1.29 is 4.74 Å². The van der Waals surface area contributed by atoms with Gasteiger partial charge in [0.25, 0.3) is 0 Å². The van der Waals surface area contributed by atoms with Crippen molar-refractivity contribution in [3.8, 4) is 5.75 Å². The lowest BCUT2D eigenvalue weighted by molar-refractivity contribution is 0.411. The van der Waals surface area contributed by atoms with Crippen LogP contribution in [-0.4, -0.2) is 20.8 Å². The Morgan fingerprint density at radius 1 is 1.20 bits per heavy atom. The molecule has 0 aromatic heterocycles. The molecule has 0 unspecified atom stereocenters. The van der Waals surface area contributed by atoms with Crippen LogP contribution in [0.4, 0.5) is 5.69 Å². The van der Waals surface area contributed by atoms with Gasteiger partial charge in [0.2, 0.25) is 0 Å². The van der Waals surface area contributed by atoms with Crippen LogP contribution >= 0.6 is 0 Å². The molecular formula is C12H20N2O. The van der Waals surface area contributed by atoms with Crippen LogP contribution in [0.2, 0.25) is 0 Å². The molecule has 0 amide bonds. The van der Waals surface area contributed by atoms with E-state index in [1.165, 1.54) is 22.4 Å². The topological polar surface area (TPSA) is 33.3 Å². The zero-order valence-electron chi connectivity index (χ0n) is 10.2. The Labute approximate surface area is 91.8 Å². The van der Waals surface area contributed by atoms with Crippen LogP contribution in [0.1, 0.15) is 16.7 Å². The number of ether oxygens (including phenoxy) is 1. The molecule has 0 atom stereocenters. The largest absolute Gasteiger partial charge is 0.496 e. The summed E-state index contributed by atoms with van der Waals surface area (Å²) in [5.41, 5.74) is 4.86. The van der Waals surface area contributed by atoms with Gasteiger partial charge in [-0.2, -0.15) is 0 Å². The number of rotatable bonds is 4. The Morgan fingerprint density at radius 2 is 1.87 bits per heavy atom. The van der Waals surface area contributed by atoms with Crippen LogP contribution in [0, 0.1) is 20.8 Å². The van der Waals surface area contributed by atoms with Gasteiger partial charge in [-0.25, -0.2) is 0 Å². The Kier molecular flexibility index (Phi) is 3.97. The predicted octanol–water partition coefficient (Wildman–Crippen LogP) is 2.21. The zero-order chi connectivity index (χ0) is 11.4. The van der Waals surface area contributed by atoms with Crippen molar-refractivity contribution in [2.45, 2.75) is 20.8 Å². The van der Waals surface area contributed by atoms with Gasteiger partial charge in [-0.1, -0.05) is 0 Å². The summed E-state index contributed by atoms with van der Waals surface area (Å²) in [5.74, 6) is 0.958. The summed E-state index contributed by atoms with van der Waals surface area (Å²) in [6, 6.07) is 2.07. The van der Waals surface area contributed by atoms with Gasteiger partial charge >= 0.3 is 0 Å². The van der Waals surface area contributed by atoms with E-state index in [0.717, 1.165) is 12.4 Å². The van der Waals surface area contributed by atoms with Gasteiger partial charge in [0.15, 0.2) is 0 Å². The normalized spacial score (nSPS) is 10.2. The third-order valence-corrected chi connectivity index (χ3v) is 2.71. The van der Waals surface area contributed by atoms with Crippen molar-refractivity contribution >= 4 is 5.69 Å². The highest BCUT2D eigenvalue weighted by molar-refractivity contribution is 5.63. The average molecular weight is 208 g/mol. The van der Waals surface area contributed by atoms with Crippen molar-refractivity contribution in [2.75, 3.05) is 26.1 Å². The lowest BCUT2D eigenvalue weighted by Crippen LogP contribution is -2.18. The smallest absolute Gasteiger partial charge is 0.122 e. The van der Waals surface area contributed by atoms with Gasteiger partial charge in [0.1, 0.15) is 5.75 Å². The highest BCUT2D eigenvalue weighted by Crippen LogP contribution is 2.30. The van der Waals surface area contributed by atoms with Crippen molar-refractivity contribution in [3.05, 3.63) is 22.8 Å². The first-order chi connectivity index (χ1) is 7.11. The van der Waals surface area contributed by atoms with Gasteiger partial charge in [-0.05, 0) is 50.6 Å². The number of nitrogens with one attached hydrogen (secondary N) is 2. The fraction of sp³-hybridized carbons (Fsp3) is 0.500. The molecular weight excluding hydrogens is 188 g/mol. The first-order valence-corrected chi connectivity index (χ1v) is 5.15. The summed E-state index contributed by atoms with van der Waals surface area (Å²) >= 11 is 0. The number of aryl methyl sites for hydroxylation is 1. The van der Waals surface area contributed by atoms with E-state index < -0.39 is 0 Å². The summed E-state index contributed by atoms with van der Waals surface area (Å²) in [4.78, 5) is 0. The van der Waals surface area contributed by atoms with Crippen LogP contribution in [-0.2, 0) is 0 Å². The molecule has 3 heteroatoms. The van der Waals surface area contributed by atoms with Crippen molar-refractivity contribution in [1.82, 2.24) is 5.32 Å². The SMILES string of the molecule is CNCNc1c(C)cc(OC)c(C)c1C. The lowest BCUT2D eigenvalue weighted by Gasteiger charge is -2.17. The van der Waals surface area contributed by atoms with E-state index >= 15 is 0 Å². The summed E-state index contributed by atoms with van der Waals surface area (Å²) in [7, 11) is 3.63. The van der Waals surface area contributed by atoms with Crippen LogP contribution in [0.5, 0.6) is 5.75 Å². The van der Waals surface area contributed by atoms with Gasteiger partial charge in [-0.15, -0.1) is 0 Å². The summed E-state index contributed by atoms with van der Waals surface area (Å²) in [6.07, 6.45) is 0. The number of methoxy groups -OCH3 is 1. The molecule has 0 fully saturated rings. The predicted molar refractivity (Wildman–Crippen MR) is 64.8 cm³/mol. The summed E-state index contributed by atoms with van der Waals surface area (Å²) in [5, 5.41) is 6.43. The highest BCUT2D eigenvalue weighted by Gasteiger charge is 2.09. The molecule has 0 spiro atoms. The van der Waals surface area contributed by atoms with Gasteiger partial charge in [0, 0.05) is 5.69 Å². The van der Waals surface area contributed by atoms with E-state index in [1.54, 1.807) is 7.11 Å². The molecule has 0 saturated carbocycles. The van der Waals surface area contributed by atoms with Crippen LogP contribution in [0.15, 0.2) is 6.07 Å². The Bertz CT molecular complexity index is 348. The molecule has 0 aliphatic heterocycles. The summed E-state index contributed by atoms with van der Waals surface area (Å²) < 4.78 is 5.32. The maximum absolute atomic E-state index is 5.32. The highest BCUT2D eigenvalue weighted by atomic mass is 16.5. The van der Waals surface area contributed by atoms with Crippen LogP contribution in [0.25, 0.3) is 0 Å². The molecule has 2 N–H and O–H groups in total. The molecule has 1 aromatic rings. The minimum atomic E-state index is 0.771. The van der Waals surface area contributed by atoms with Gasteiger partial charge in [0.05, 0.1) is 13.8 Å². The third kappa shape index (κ3) is 2.42. The molecule has 0 saturated heterocycles. The summed E-state index contributed by atoms with van der Waals surface area (Å²) in [6.45, 7) is 7.06. The first-order valence-electron chi connectivity index (χ1n) is 5.15. The quantitative estimate of drug-likeness (QED) is 0.744. The third-order valence-electron chi connectivity index (χ3n) is 2.71. The van der Waals surface area contributed by atoms with Gasteiger partial charge < -0.3 is 15.4 Å². The standard InChI is InChI=1S/C12H20N2O/c1-8-6-11(15-5)9(2)10(3)12(8)14-7-13-4/h6,13-14H,7H2,1-5H3. The van der Waals surface area contributed by atoms with Crippen molar-refractivity contribution in [1.29, 1.82) is 0 Å². The zero-order valence-corrected chi connectivity index (χ0v) is 10.2. The molecule has 0 aliphatic carbocycles. The molecule has 3 nitrogen and oxygen atoms in total. The first kappa shape index (κ1) is 11.9. The molecule has 0 radical (unpaired) electrons. The lowest BCUT2D eigenvalue weighted by atomic mass is 10.0. The van der Waals surface area contributed by atoms with Crippen molar-refractivity contribution in [3.63, 3.8) is 0 Å². The fourth-order valence-electron chi connectivity index (χ4n) is 1.71. The Balaban J connectivity index is 3.11. The second-order valence-corrected chi connectivity index (χ2v) is 3.73. The Hall–Kier alpha value is -1.22. The number of hydrogen-bond donors (Lipinski definition) is 2. The van der Waals surface area contributed by atoms with E-state index in [1.807, 2.05) is 7.05 Å². The maximum atomic E-state index is 5.32. The second-order valence-electron chi connectivity index (χ2n) is 3.73. The average Bonchev–Trinajstić information content (AvgIpc) is 2.23. The fourth-order valence-corrected chi connectivity index (χ4v) is 1.71. The van der Waals surface area contributed by atoms with Crippen LogP contribution < -0.4 is 15.4 Å². The molecule has 1 rings (SSSR count). The maximum Gasteiger partial charge on any atom is 0.122 e. The van der Waals surface area contributed by atoms with Crippen LogP contribution in [0.3, 0.4) is 0 Å². The molecule has 0 aliphatic rings. The minimum Gasteiger partial charge on any atom is -0.496 e. The second kappa shape index (κ2) is 5.03. The molecule has 15 heavy (non-hydrogen) atoms. The number of anilines is 1. The van der Waals surface area contributed by atoms with Gasteiger partial charge in [-0.3, -0.25) is 0 Å². The molecule has 84 valence electrons. The van der Waals surface area contributed by atoms with E-state index in [0.29, 0.717) is 0 Å². The van der Waals surface area contributed by atoms with E-state index in [4.69, 9.17) is 4.74 Å². The monoisotopic (exact) mass is 208 g/mol. The molecule has 0 heterocycles. The van der Waals surface area contributed by atoms with Crippen molar-refractivity contribution in [2.24, 2.45) is 0 Å². The number of hydrogen-bond acceptors (Lipinski definition) is 3. The molecule has 1 aromatic carbocycles. The van der Waals surface area contributed by atoms with E-state index in [9.17, 15) is 0 Å². The van der Waals surface area contributed by atoms with E-state index in [2.05, 4.69) is 37.5 Å².